The van der Waals surface area contributed by atoms with Crippen LogP contribution in [-0.4, -0.2) is 0 Å². The number of benzene rings is 7. The lowest BCUT2D eigenvalue weighted by atomic mass is 9.63. The Bertz CT molecular complexity index is 2340. The zero-order chi connectivity index (χ0) is 31.2. The fourth-order valence-corrected chi connectivity index (χ4v) is 7.39. The molecule has 47 heavy (non-hydrogen) atoms. The largest absolute Gasteiger partial charge is 0.457 e. The lowest BCUT2D eigenvalue weighted by Crippen LogP contribution is -2.34. The van der Waals surface area contributed by atoms with E-state index in [1.807, 2.05) is 6.07 Å². The van der Waals surface area contributed by atoms with Gasteiger partial charge in [0, 0.05) is 22.3 Å². The van der Waals surface area contributed by atoms with Crippen molar-refractivity contribution in [3.05, 3.63) is 204 Å². The summed E-state index contributed by atoms with van der Waals surface area (Å²) in [5, 5.41) is 2.44. The van der Waals surface area contributed by atoms with E-state index < -0.39 is 5.41 Å². The van der Waals surface area contributed by atoms with Crippen molar-refractivity contribution in [1.82, 2.24) is 0 Å². The molecule has 1 aromatic heterocycles. The third kappa shape index (κ3) is 4.34. The van der Waals surface area contributed by atoms with E-state index in [2.05, 4.69) is 176 Å². The van der Waals surface area contributed by atoms with Crippen molar-refractivity contribution in [2.24, 2.45) is 0 Å². The van der Waals surface area contributed by atoms with Crippen LogP contribution in [0.2, 0.25) is 0 Å². The molecule has 0 N–H and O–H groups in total. The maximum absolute atomic E-state index is 6.71. The number of furan rings is 1. The molecule has 0 atom stereocenters. The quantitative estimate of drug-likeness (QED) is 0.196. The molecule has 222 valence electrons. The molecule has 2 heteroatoms. The number of hydrogen-bond donors (Lipinski definition) is 0. The smallest absolute Gasteiger partial charge is 0.135 e. The second-order valence-corrected chi connectivity index (χ2v) is 12.0. The predicted molar refractivity (Wildman–Crippen MR) is 191 cm³/mol. The maximum Gasteiger partial charge on any atom is 0.135 e. The molecule has 0 fully saturated rings. The topological polar surface area (TPSA) is 22.4 Å². The second-order valence-electron chi connectivity index (χ2n) is 12.0. The molecule has 8 aromatic rings. The van der Waals surface area contributed by atoms with Crippen LogP contribution in [-0.2, 0) is 5.41 Å². The number of para-hydroxylation sites is 1. The summed E-state index contributed by atoms with van der Waals surface area (Å²) < 4.78 is 13.4. The third-order valence-corrected chi connectivity index (χ3v) is 9.47. The van der Waals surface area contributed by atoms with Crippen LogP contribution < -0.4 is 4.74 Å². The first-order chi connectivity index (χ1) is 23.3. The van der Waals surface area contributed by atoms with Gasteiger partial charge in [0.15, 0.2) is 0 Å². The van der Waals surface area contributed by atoms with Gasteiger partial charge in [-0.1, -0.05) is 158 Å². The highest BCUT2D eigenvalue weighted by atomic mass is 16.5. The van der Waals surface area contributed by atoms with E-state index in [4.69, 9.17) is 9.15 Å². The van der Waals surface area contributed by atoms with Gasteiger partial charge in [-0.05, 0) is 57.3 Å². The Hall–Kier alpha value is -6.12. The van der Waals surface area contributed by atoms with E-state index in [1.54, 1.807) is 0 Å². The van der Waals surface area contributed by atoms with Crippen LogP contribution in [0.5, 0.6) is 11.5 Å². The third-order valence-electron chi connectivity index (χ3n) is 9.47. The first-order valence-corrected chi connectivity index (χ1v) is 16.0. The van der Waals surface area contributed by atoms with Gasteiger partial charge in [-0.25, -0.2) is 0 Å². The molecule has 0 saturated carbocycles. The van der Waals surface area contributed by atoms with E-state index >= 15 is 0 Å². The van der Waals surface area contributed by atoms with Crippen molar-refractivity contribution in [3.8, 4) is 45.3 Å². The molecule has 1 aliphatic rings. The Morgan fingerprint density at radius 3 is 1.79 bits per heavy atom. The summed E-state index contributed by atoms with van der Waals surface area (Å²) in [7, 11) is 0. The summed E-state index contributed by atoms with van der Waals surface area (Å²) in [5.41, 5.74) is 8.44. The molecule has 0 bridgehead atoms. The fraction of sp³-hybridized carbons (Fsp3) is 0.0222. The highest BCUT2D eigenvalue weighted by Crippen LogP contribution is 2.55. The van der Waals surface area contributed by atoms with E-state index in [9.17, 15) is 0 Å². The van der Waals surface area contributed by atoms with Gasteiger partial charge in [0.1, 0.15) is 23.0 Å². The maximum atomic E-state index is 6.71. The molecule has 1 aliphatic heterocycles. The van der Waals surface area contributed by atoms with Crippen LogP contribution in [0.25, 0.3) is 44.5 Å². The van der Waals surface area contributed by atoms with Gasteiger partial charge in [0.25, 0.3) is 0 Å². The molecular formula is C45H30O2. The van der Waals surface area contributed by atoms with Crippen LogP contribution in [0.1, 0.15) is 22.3 Å². The van der Waals surface area contributed by atoms with Crippen LogP contribution >= 0.6 is 0 Å². The Balaban J connectivity index is 1.18. The molecule has 0 amide bonds. The minimum Gasteiger partial charge on any atom is -0.457 e. The Morgan fingerprint density at radius 1 is 0.383 bits per heavy atom. The van der Waals surface area contributed by atoms with Crippen molar-refractivity contribution >= 4 is 10.8 Å². The molecule has 0 saturated heterocycles. The molecule has 2 nitrogen and oxygen atoms in total. The van der Waals surface area contributed by atoms with Gasteiger partial charge < -0.3 is 9.15 Å². The normalized spacial score (nSPS) is 13.0. The first-order valence-electron chi connectivity index (χ1n) is 16.0. The summed E-state index contributed by atoms with van der Waals surface area (Å²) in [6.07, 6.45) is 0. The van der Waals surface area contributed by atoms with Crippen molar-refractivity contribution < 1.29 is 9.15 Å². The van der Waals surface area contributed by atoms with E-state index in [0.29, 0.717) is 0 Å². The number of ether oxygens (including phenoxy) is 1. The van der Waals surface area contributed by atoms with Gasteiger partial charge in [-0.15, -0.1) is 0 Å². The lowest BCUT2D eigenvalue weighted by molar-refractivity contribution is 0.434. The van der Waals surface area contributed by atoms with Gasteiger partial charge in [0.05, 0.1) is 5.41 Å². The van der Waals surface area contributed by atoms with Gasteiger partial charge in [0.2, 0.25) is 0 Å². The monoisotopic (exact) mass is 602 g/mol. The van der Waals surface area contributed by atoms with Crippen molar-refractivity contribution in [1.29, 1.82) is 0 Å². The molecule has 0 aliphatic carbocycles. The average Bonchev–Trinajstić information content (AvgIpc) is 3.65. The highest BCUT2D eigenvalue weighted by Gasteiger charge is 2.45. The van der Waals surface area contributed by atoms with Gasteiger partial charge in [-0.3, -0.25) is 0 Å². The van der Waals surface area contributed by atoms with E-state index in [0.717, 1.165) is 50.8 Å². The summed E-state index contributed by atoms with van der Waals surface area (Å²) in [4.78, 5) is 0. The molecule has 0 radical (unpaired) electrons. The molecule has 2 heterocycles. The summed E-state index contributed by atoms with van der Waals surface area (Å²) in [5.74, 6) is 3.30. The lowest BCUT2D eigenvalue weighted by Gasteiger charge is -2.41. The van der Waals surface area contributed by atoms with Crippen molar-refractivity contribution in [2.45, 2.75) is 5.41 Å². The summed E-state index contributed by atoms with van der Waals surface area (Å²) >= 11 is 0. The van der Waals surface area contributed by atoms with E-state index in [-0.39, 0.29) is 0 Å². The Morgan fingerprint density at radius 2 is 0.979 bits per heavy atom. The minimum absolute atomic E-state index is 0.545. The van der Waals surface area contributed by atoms with Crippen LogP contribution in [0.3, 0.4) is 0 Å². The van der Waals surface area contributed by atoms with E-state index in [1.165, 1.54) is 27.5 Å². The molecule has 0 spiro atoms. The second kappa shape index (κ2) is 11.0. The minimum atomic E-state index is -0.545. The summed E-state index contributed by atoms with van der Waals surface area (Å²) in [6, 6.07) is 64.0. The molecule has 9 rings (SSSR count). The number of hydrogen-bond acceptors (Lipinski definition) is 2. The Kier molecular flexibility index (Phi) is 6.39. The zero-order valence-corrected chi connectivity index (χ0v) is 25.6. The SMILES string of the molecule is c1ccc(C2(c3ccccc3)c3ccccc3Oc3cc(-c4ccc(-c5ccccc5-c5cccc6ccccc56)o4)ccc32)cc1. The van der Waals surface area contributed by atoms with Crippen molar-refractivity contribution in [3.63, 3.8) is 0 Å². The van der Waals surface area contributed by atoms with Gasteiger partial charge >= 0.3 is 0 Å². The van der Waals surface area contributed by atoms with Crippen LogP contribution in [0.4, 0.5) is 0 Å². The number of fused-ring (bicyclic) bond motifs is 3. The molecular weight excluding hydrogens is 572 g/mol. The standard InChI is InChI=1S/C45H30O2/c1-3-16-33(17-4-1)45(34-18-5-2-6-19-34)39-24-11-12-25-43(39)47-44-30-32(26-27-40(44)45)41-28-29-42(46-41)38-22-10-9-21-37(38)36-23-13-15-31-14-7-8-20-35(31)36/h1-30H. The average molecular weight is 603 g/mol. The fourth-order valence-electron chi connectivity index (χ4n) is 7.39. The van der Waals surface area contributed by atoms with Crippen LogP contribution in [0, 0.1) is 0 Å². The first kappa shape index (κ1) is 27.2. The van der Waals surface area contributed by atoms with Gasteiger partial charge in [-0.2, -0.15) is 0 Å². The Labute approximate surface area is 274 Å². The van der Waals surface area contributed by atoms with Crippen LogP contribution in [0.15, 0.2) is 186 Å². The molecule has 7 aromatic carbocycles. The van der Waals surface area contributed by atoms with Crippen molar-refractivity contribution in [2.75, 3.05) is 0 Å². The zero-order valence-electron chi connectivity index (χ0n) is 25.6. The number of rotatable bonds is 5. The highest BCUT2D eigenvalue weighted by molar-refractivity contribution is 6.00. The predicted octanol–water partition coefficient (Wildman–Crippen LogP) is 11.9. The molecule has 0 unspecified atom stereocenters. The summed E-state index contributed by atoms with van der Waals surface area (Å²) in [6.45, 7) is 0.